The van der Waals surface area contributed by atoms with Crippen LogP contribution in [0.25, 0.3) is 0 Å². The van der Waals surface area contributed by atoms with Crippen molar-refractivity contribution in [1.82, 2.24) is 0 Å². The lowest BCUT2D eigenvalue weighted by atomic mass is 9.92. The maximum absolute atomic E-state index is 10.2. The molecule has 0 radical (unpaired) electrons. The molecule has 0 fully saturated rings. The first-order chi connectivity index (χ1) is 7.10. The van der Waals surface area contributed by atoms with Crippen LogP contribution >= 0.6 is 11.8 Å². The van der Waals surface area contributed by atoms with Crippen molar-refractivity contribution in [2.24, 2.45) is 0 Å². The Bertz CT molecular complexity index is 290. The van der Waals surface area contributed by atoms with E-state index in [1.807, 2.05) is 30.8 Å². The molecule has 1 aromatic carbocycles. The third-order valence-corrected chi connectivity index (χ3v) is 3.42. The lowest BCUT2D eigenvalue weighted by molar-refractivity contribution is 0.0469. The molecule has 0 aromatic heterocycles. The van der Waals surface area contributed by atoms with Crippen molar-refractivity contribution >= 4 is 11.8 Å². The number of rotatable bonds is 5. The number of hydrogen-bond acceptors (Lipinski definition) is 2. The fourth-order valence-corrected chi connectivity index (χ4v) is 2.37. The zero-order valence-electron chi connectivity index (χ0n) is 9.79. The zero-order valence-corrected chi connectivity index (χ0v) is 10.6. The third-order valence-electron chi connectivity index (χ3n) is 2.52. The van der Waals surface area contributed by atoms with Crippen LogP contribution in [0.5, 0.6) is 0 Å². The zero-order chi connectivity index (χ0) is 11.3. The quantitative estimate of drug-likeness (QED) is 0.768. The van der Waals surface area contributed by atoms with Gasteiger partial charge in [0.2, 0.25) is 0 Å². The van der Waals surface area contributed by atoms with Gasteiger partial charge in [0.25, 0.3) is 0 Å². The van der Waals surface area contributed by atoms with Crippen molar-refractivity contribution in [3.63, 3.8) is 0 Å². The fourth-order valence-electron chi connectivity index (χ4n) is 1.71. The van der Waals surface area contributed by atoms with Gasteiger partial charge in [-0.15, -0.1) is 11.8 Å². The number of benzene rings is 1. The summed E-state index contributed by atoms with van der Waals surface area (Å²) in [4.78, 5) is 1.27. The lowest BCUT2D eigenvalue weighted by Gasteiger charge is -2.23. The Hall–Kier alpha value is -0.470. The average molecular weight is 224 g/mol. The molecular formula is C13H20OS. The first kappa shape index (κ1) is 12.6. The highest BCUT2D eigenvalue weighted by Gasteiger charge is 2.21. The standard InChI is InChI=1S/C13H20OS/c1-4-10-13(3,14)11-6-8-12(9-7-11)15-5-2/h6-9,14H,4-5,10H2,1-3H3. The van der Waals surface area contributed by atoms with Crippen molar-refractivity contribution in [1.29, 1.82) is 0 Å². The molecular weight excluding hydrogens is 204 g/mol. The van der Waals surface area contributed by atoms with E-state index >= 15 is 0 Å². The first-order valence-corrected chi connectivity index (χ1v) is 6.54. The monoisotopic (exact) mass is 224 g/mol. The minimum Gasteiger partial charge on any atom is -0.385 e. The second kappa shape index (κ2) is 5.57. The van der Waals surface area contributed by atoms with Gasteiger partial charge in [-0.05, 0) is 36.8 Å². The molecule has 1 N–H and O–H groups in total. The molecule has 0 spiro atoms. The normalized spacial score (nSPS) is 14.9. The van der Waals surface area contributed by atoms with Crippen molar-refractivity contribution in [2.75, 3.05) is 5.75 Å². The topological polar surface area (TPSA) is 20.2 Å². The summed E-state index contributed by atoms with van der Waals surface area (Å²) in [5.74, 6) is 1.09. The molecule has 1 aromatic rings. The number of thioether (sulfide) groups is 1. The molecule has 0 saturated carbocycles. The van der Waals surface area contributed by atoms with Gasteiger partial charge in [-0.25, -0.2) is 0 Å². The van der Waals surface area contributed by atoms with Crippen molar-refractivity contribution in [3.8, 4) is 0 Å². The maximum atomic E-state index is 10.2. The van der Waals surface area contributed by atoms with Gasteiger partial charge in [0.15, 0.2) is 0 Å². The van der Waals surface area contributed by atoms with Crippen LogP contribution < -0.4 is 0 Å². The maximum Gasteiger partial charge on any atom is 0.0868 e. The van der Waals surface area contributed by atoms with Gasteiger partial charge in [0.1, 0.15) is 0 Å². The summed E-state index contributed by atoms with van der Waals surface area (Å²) >= 11 is 1.83. The average Bonchev–Trinajstić information content (AvgIpc) is 2.19. The Morgan fingerprint density at radius 3 is 2.27 bits per heavy atom. The summed E-state index contributed by atoms with van der Waals surface area (Å²) in [5, 5.41) is 10.2. The minimum absolute atomic E-state index is 0.676. The summed E-state index contributed by atoms with van der Waals surface area (Å²) in [6.07, 6.45) is 1.81. The van der Waals surface area contributed by atoms with Gasteiger partial charge in [-0.1, -0.05) is 32.4 Å². The molecule has 0 saturated heterocycles. The number of hydrogen-bond donors (Lipinski definition) is 1. The molecule has 1 nitrogen and oxygen atoms in total. The van der Waals surface area contributed by atoms with Gasteiger partial charge in [0.05, 0.1) is 5.60 Å². The third kappa shape index (κ3) is 3.54. The van der Waals surface area contributed by atoms with Gasteiger partial charge in [-0.3, -0.25) is 0 Å². The molecule has 1 atom stereocenters. The largest absolute Gasteiger partial charge is 0.385 e. The Kier molecular flexibility index (Phi) is 4.68. The summed E-state index contributed by atoms with van der Waals surface area (Å²) in [6.45, 7) is 6.13. The van der Waals surface area contributed by atoms with Gasteiger partial charge < -0.3 is 5.11 Å². The first-order valence-electron chi connectivity index (χ1n) is 5.56. The molecule has 1 unspecified atom stereocenters. The van der Waals surface area contributed by atoms with Crippen LogP contribution in [0, 0.1) is 0 Å². The van der Waals surface area contributed by atoms with Crippen molar-refractivity contribution < 1.29 is 5.11 Å². The lowest BCUT2D eigenvalue weighted by Crippen LogP contribution is -2.20. The van der Waals surface area contributed by atoms with Crippen molar-refractivity contribution in [2.45, 2.75) is 44.1 Å². The molecule has 0 amide bonds. The highest BCUT2D eigenvalue weighted by molar-refractivity contribution is 7.99. The Morgan fingerprint density at radius 1 is 1.20 bits per heavy atom. The summed E-state index contributed by atoms with van der Waals surface area (Å²) in [7, 11) is 0. The van der Waals surface area contributed by atoms with E-state index in [4.69, 9.17) is 0 Å². The van der Waals surface area contributed by atoms with E-state index in [2.05, 4.69) is 26.0 Å². The minimum atomic E-state index is -0.676. The molecule has 0 aliphatic rings. The van der Waals surface area contributed by atoms with E-state index < -0.39 is 5.60 Å². The molecule has 2 heteroatoms. The van der Waals surface area contributed by atoms with Crippen LogP contribution in [-0.2, 0) is 5.60 Å². The predicted octanol–water partition coefficient (Wildman–Crippen LogP) is 3.81. The van der Waals surface area contributed by atoms with Crippen LogP contribution in [0.3, 0.4) is 0 Å². The molecule has 15 heavy (non-hydrogen) atoms. The van der Waals surface area contributed by atoms with E-state index in [1.165, 1.54) is 4.90 Å². The molecule has 0 aliphatic heterocycles. The highest BCUT2D eigenvalue weighted by atomic mass is 32.2. The summed E-state index contributed by atoms with van der Waals surface area (Å²) < 4.78 is 0. The van der Waals surface area contributed by atoms with Crippen LogP contribution in [-0.4, -0.2) is 10.9 Å². The van der Waals surface area contributed by atoms with Crippen LogP contribution in [0.2, 0.25) is 0 Å². The SMILES string of the molecule is CCCC(C)(O)c1ccc(SCC)cc1. The van der Waals surface area contributed by atoms with Crippen molar-refractivity contribution in [3.05, 3.63) is 29.8 Å². The predicted molar refractivity (Wildman–Crippen MR) is 67.3 cm³/mol. The summed E-state index contributed by atoms with van der Waals surface area (Å²) in [5.41, 5.74) is 0.342. The smallest absolute Gasteiger partial charge is 0.0868 e. The van der Waals surface area contributed by atoms with Gasteiger partial charge >= 0.3 is 0 Å². The molecule has 1 rings (SSSR count). The molecule has 0 bridgehead atoms. The second-order valence-electron chi connectivity index (χ2n) is 3.98. The van der Waals surface area contributed by atoms with Gasteiger partial charge in [-0.2, -0.15) is 0 Å². The van der Waals surface area contributed by atoms with Crippen LogP contribution in [0.15, 0.2) is 29.2 Å². The molecule has 0 aliphatic carbocycles. The van der Waals surface area contributed by atoms with E-state index in [-0.39, 0.29) is 0 Å². The molecule has 0 heterocycles. The van der Waals surface area contributed by atoms with E-state index in [0.717, 1.165) is 24.2 Å². The fraction of sp³-hybridized carbons (Fsp3) is 0.538. The second-order valence-corrected chi connectivity index (χ2v) is 5.32. The van der Waals surface area contributed by atoms with E-state index in [0.29, 0.717) is 0 Å². The van der Waals surface area contributed by atoms with E-state index in [9.17, 15) is 5.11 Å². The Balaban J connectivity index is 2.78. The van der Waals surface area contributed by atoms with E-state index in [1.54, 1.807) is 0 Å². The van der Waals surface area contributed by atoms with Gasteiger partial charge in [0, 0.05) is 4.90 Å². The van der Waals surface area contributed by atoms with Crippen LogP contribution in [0.1, 0.15) is 39.2 Å². The Labute approximate surface area is 96.9 Å². The Morgan fingerprint density at radius 2 is 1.80 bits per heavy atom. The van der Waals surface area contributed by atoms with Crippen LogP contribution in [0.4, 0.5) is 0 Å². The number of aliphatic hydroxyl groups is 1. The summed E-state index contributed by atoms with van der Waals surface area (Å²) in [6, 6.07) is 8.25. The molecule has 84 valence electrons. The highest BCUT2D eigenvalue weighted by Crippen LogP contribution is 2.27.